The van der Waals surface area contributed by atoms with E-state index in [0.717, 1.165) is 5.56 Å². The second kappa shape index (κ2) is 4.99. The Morgan fingerprint density at radius 1 is 1.00 bits per heavy atom. The van der Waals surface area contributed by atoms with Crippen LogP contribution in [0.5, 0.6) is 5.75 Å². The number of para-hydroxylation sites is 1. The number of fused-ring (bicyclic) bond motifs is 1. The van der Waals surface area contributed by atoms with Crippen molar-refractivity contribution in [2.75, 3.05) is 0 Å². The molecule has 0 radical (unpaired) electrons. The van der Waals surface area contributed by atoms with Gasteiger partial charge in [0, 0.05) is 0 Å². The van der Waals surface area contributed by atoms with Crippen molar-refractivity contribution in [1.29, 1.82) is 0 Å². The van der Waals surface area contributed by atoms with Crippen molar-refractivity contribution in [3.8, 4) is 5.75 Å². The second-order valence-corrected chi connectivity index (χ2v) is 6.77. The first-order chi connectivity index (χ1) is 10.4. The fourth-order valence-corrected chi connectivity index (χ4v) is 3.54. The number of aromatic hydroxyl groups is 1. The maximum atomic E-state index is 12.6. The smallest absolute Gasteiger partial charge is 0.359 e. The van der Waals surface area contributed by atoms with E-state index in [-0.39, 0.29) is 15.9 Å². The molecular weight excluding hydrogens is 304 g/mol. The van der Waals surface area contributed by atoms with Crippen LogP contribution >= 0.6 is 0 Å². The molecule has 1 heterocycles. The summed E-state index contributed by atoms with van der Waals surface area (Å²) < 4.78 is 30.2. The summed E-state index contributed by atoms with van der Waals surface area (Å²) in [4.78, 5) is 11.2. The molecule has 0 atom stereocenters. The summed E-state index contributed by atoms with van der Waals surface area (Å²) in [5.41, 5.74) is -0.0710. The van der Waals surface area contributed by atoms with Gasteiger partial charge in [-0.15, -0.1) is 0 Å². The van der Waals surface area contributed by atoms with Crippen LogP contribution in [0.25, 0.3) is 11.0 Å². The summed E-state index contributed by atoms with van der Waals surface area (Å²) >= 11 is 0. The van der Waals surface area contributed by atoms with Crippen LogP contribution in [0.15, 0.2) is 67.5 Å². The van der Waals surface area contributed by atoms with Crippen molar-refractivity contribution in [3.05, 3.63) is 64.5 Å². The highest BCUT2D eigenvalue weighted by atomic mass is 32.2. The second-order valence-electron chi connectivity index (χ2n) is 4.88. The number of hydrogen-bond donors (Lipinski definition) is 1. The van der Waals surface area contributed by atoms with Crippen molar-refractivity contribution < 1.29 is 17.9 Å². The molecule has 0 aliphatic rings. The molecule has 112 valence electrons. The standard InChI is InChI=1S/C16H12O5S/c1-10-6-8-11(9-7-10)22(19,20)15-14(17)12-4-2-3-5-13(12)21-16(15)18/h2-9,17H,1H3. The zero-order valence-electron chi connectivity index (χ0n) is 11.6. The van der Waals surface area contributed by atoms with E-state index in [9.17, 15) is 18.3 Å². The molecule has 0 bridgehead atoms. The van der Waals surface area contributed by atoms with Gasteiger partial charge in [-0.25, -0.2) is 13.2 Å². The van der Waals surface area contributed by atoms with E-state index >= 15 is 0 Å². The normalized spacial score (nSPS) is 11.7. The third-order valence-electron chi connectivity index (χ3n) is 3.35. The van der Waals surface area contributed by atoms with Gasteiger partial charge in [-0.05, 0) is 31.2 Å². The zero-order valence-corrected chi connectivity index (χ0v) is 12.4. The molecule has 0 fully saturated rings. The van der Waals surface area contributed by atoms with Crippen molar-refractivity contribution >= 4 is 20.8 Å². The van der Waals surface area contributed by atoms with Gasteiger partial charge in [0.1, 0.15) is 5.58 Å². The quantitative estimate of drug-likeness (QED) is 0.735. The van der Waals surface area contributed by atoms with Crippen LogP contribution in [0, 0.1) is 6.92 Å². The lowest BCUT2D eigenvalue weighted by molar-refractivity contribution is 0.442. The molecular formula is C16H12O5S. The maximum absolute atomic E-state index is 12.6. The molecule has 6 heteroatoms. The Kier molecular flexibility index (Phi) is 3.26. The topological polar surface area (TPSA) is 84.6 Å². The van der Waals surface area contributed by atoms with Gasteiger partial charge < -0.3 is 9.52 Å². The van der Waals surface area contributed by atoms with Gasteiger partial charge in [0.15, 0.2) is 10.6 Å². The van der Waals surface area contributed by atoms with Crippen molar-refractivity contribution in [1.82, 2.24) is 0 Å². The highest BCUT2D eigenvalue weighted by Crippen LogP contribution is 2.32. The van der Waals surface area contributed by atoms with Gasteiger partial charge in [0.25, 0.3) is 0 Å². The Hall–Kier alpha value is -2.60. The Labute approximate surface area is 126 Å². The minimum atomic E-state index is -4.16. The van der Waals surface area contributed by atoms with Crippen molar-refractivity contribution in [2.45, 2.75) is 16.7 Å². The highest BCUT2D eigenvalue weighted by Gasteiger charge is 2.28. The number of benzene rings is 2. The van der Waals surface area contributed by atoms with Gasteiger partial charge >= 0.3 is 5.63 Å². The van der Waals surface area contributed by atoms with Gasteiger partial charge in [-0.1, -0.05) is 29.8 Å². The van der Waals surface area contributed by atoms with Crippen LogP contribution in [-0.4, -0.2) is 13.5 Å². The lowest BCUT2D eigenvalue weighted by atomic mass is 10.2. The SMILES string of the molecule is Cc1ccc(S(=O)(=O)c2c(O)c3ccccc3oc2=O)cc1. The molecule has 0 aliphatic carbocycles. The fourth-order valence-electron chi connectivity index (χ4n) is 2.19. The average molecular weight is 316 g/mol. The highest BCUT2D eigenvalue weighted by molar-refractivity contribution is 7.91. The van der Waals surface area contributed by atoms with Gasteiger partial charge in [-0.2, -0.15) is 0 Å². The molecule has 2 aromatic carbocycles. The van der Waals surface area contributed by atoms with Crippen LogP contribution in [0.2, 0.25) is 0 Å². The molecule has 3 aromatic rings. The molecule has 0 saturated heterocycles. The van der Waals surface area contributed by atoms with Crippen LogP contribution in [0.4, 0.5) is 0 Å². The molecule has 22 heavy (non-hydrogen) atoms. The lowest BCUT2D eigenvalue weighted by Crippen LogP contribution is -2.15. The Bertz CT molecular complexity index is 1010. The average Bonchev–Trinajstić information content (AvgIpc) is 2.47. The van der Waals surface area contributed by atoms with Crippen LogP contribution in [0.3, 0.4) is 0 Å². The van der Waals surface area contributed by atoms with E-state index in [0.29, 0.717) is 0 Å². The van der Waals surface area contributed by atoms with E-state index in [2.05, 4.69) is 0 Å². The molecule has 0 unspecified atom stereocenters. The van der Waals surface area contributed by atoms with Gasteiger partial charge in [-0.3, -0.25) is 0 Å². The monoisotopic (exact) mass is 316 g/mol. The number of hydrogen-bond acceptors (Lipinski definition) is 5. The molecule has 0 amide bonds. The Balaban J connectivity index is 2.34. The minimum Gasteiger partial charge on any atom is -0.506 e. The molecule has 0 saturated carbocycles. The largest absolute Gasteiger partial charge is 0.506 e. The summed E-state index contributed by atoms with van der Waals surface area (Å²) in [5.74, 6) is -0.590. The van der Waals surface area contributed by atoms with E-state index in [1.807, 2.05) is 6.92 Å². The predicted molar refractivity (Wildman–Crippen MR) is 80.8 cm³/mol. The lowest BCUT2D eigenvalue weighted by Gasteiger charge is -2.07. The third-order valence-corrected chi connectivity index (χ3v) is 5.14. The first-order valence-electron chi connectivity index (χ1n) is 6.48. The molecule has 0 spiro atoms. The number of rotatable bonds is 2. The minimum absolute atomic E-state index is 0.0732. The van der Waals surface area contributed by atoms with Gasteiger partial charge in [0.2, 0.25) is 9.84 Å². The summed E-state index contributed by atoms with van der Waals surface area (Å²) in [6, 6.07) is 12.2. The molecule has 1 aromatic heterocycles. The summed E-state index contributed by atoms with van der Waals surface area (Å²) in [5, 5.41) is 10.4. The fraction of sp³-hybridized carbons (Fsp3) is 0.0625. The zero-order chi connectivity index (χ0) is 15.9. The first kappa shape index (κ1) is 14.3. The Morgan fingerprint density at radius 3 is 2.32 bits per heavy atom. The summed E-state index contributed by atoms with van der Waals surface area (Å²) in [7, 11) is -4.16. The molecule has 0 aliphatic heterocycles. The van der Waals surface area contributed by atoms with Gasteiger partial charge in [0.05, 0.1) is 10.3 Å². The number of sulfone groups is 1. The predicted octanol–water partition coefficient (Wildman–Crippen LogP) is 2.64. The van der Waals surface area contributed by atoms with Crippen LogP contribution in [0.1, 0.15) is 5.56 Å². The van der Waals surface area contributed by atoms with Crippen LogP contribution < -0.4 is 5.63 Å². The van der Waals surface area contributed by atoms with Crippen molar-refractivity contribution in [3.63, 3.8) is 0 Å². The molecule has 3 rings (SSSR count). The summed E-state index contributed by atoms with van der Waals surface area (Å²) in [6.45, 7) is 1.82. The number of aryl methyl sites for hydroxylation is 1. The molecule has 1 N–H and O–H groups in total. The Morgan fingerprint density at radius 2 is 1.64 bits per heavy atom. The molecule has 5 nitrogen and oxygen atoms in total. The first-order valence-corrected chi connectivity index (χ1v) is 7.96. The van der Waals surface area contributed by atoms with Crippen molar-refractivity contribution in [2.24, 2.45) is 0 Å². The van der Waals surface area contributed by atoms with E-state index in [4.69, 9.17) is 4.42 Å². The van der Waals surface area contributed by atoms with E-state index in [1.165, 1.54) is 24.3 Å². The van der Waals surface area contributed by atoms with E-state index < -0.39 is 26.1 Å². The van der Waals surface area contributed by atoms with Crippen LogP contribution in [-0.2, 0) is 9.84 Å². The maximum Gasteiger partial charge on any atom is 0.359 e. The summed E-state index contributed by atoms with van der Waals surface area (Å²) in [6.07, 6.45) is 0. The third kappa shape index (κ3) is 2.17. The van der Waals surface area contributed by atoms with E-state index in [1.54, 1.807) is 24.3 Å².